The number of methoxy groups -OCH3 is 2. The number of benzene rings is 3. The van der Waals surface area contributed by atoms with Gasteiger partial charge in [0.15, 0.2) is 0 Å². The summed E-state index contributed by atoms with van der Waals surface area (Å²) in [6.07, 6.45) is 7.47. The van der Waals surface area contributed by atoms with Crippen molar-refractivity contribution in [1.82, 2.24) is 0 Å². The molecule has 0 bridgehead atoms. The molecule has 0 heterocycles. The lowest BCUT2D eigenvalue weighted by Crippen LogP contribution is -2.66. The van der Waals surface area contributed by atoms with Gasteiger partial charge in [-0.15, -0.1) is 0 Å². The molecule has 0 radical (unpaired) electrons. The standard InChI is InChI=1S/C37H52O5Si/c1-7-8-15-31(20-25-34(29-40-30-38-5)41-28-32-21-23-33(39-6)24-22-32)26-27-42-43(37(2,3)4,35-16-11-9-12-17-35)36-18-13-10-14-19-36/h9-14,16-19,21-24,26,34H,7-8,15,20,25,27-30H2,1-6H3/b31-26+. The van der Waals surface area contributed by atoms with Gasteiger partial charge in [0, 0.05) is 7.11 Å². The summed E-state index contributed by atoms with van der Waals surface area (Å²) in [6, 6.07) is 29.7. The van der Waals surface area contributed by atoms with Crippen molar-refractivity contribution < 1.29 is 23.4 Å². The van der Waals surface area contributed by atoms with Crippen molar-refractivity contribution >= 4 is 18.7 Å². The maximum atomic E-state index is 7.17. The predicted octanol–water partition coefficient (Wildman–Crippen LogP) is 7.67. The van der Waals surface area contributed by atoms with Crippen LogP contribution in [0.5, 0.6) is 5.75 Å². The van der Waals surface area contributed by atoms with Crippen LogP contribution in [0.15, 0.2) is 96.6 Å². The van der Waals surface area contributed by atoms with Gasteiger partial charge in [-0.2, -0.15) is 0 Å². The van der Waals surface area contributed by atoms with Gasteiger partial charge in [0.1, 0.15) is 12.5 Å². The molecule has 1 atom stereocenters. The van der Waals surface area contributed by atoms with Gasteiger partial charge in [-0.05, 0) is 58.8 Å². The lowest BCUT2D eigenvalue weighted by Gasteiger charge is -2.42. The Labute approximate surface area is 261 Å². The molecular weight excluding hydrogens is 552 g/mol. The quantitative estimate of drug-likeness (QED) is 0.0608. The number of rotatable bonds is 19. The minimum atomic E-state index is -2.58. The maximum Gasteiger partial charge on any atom is 0.261 e. The molecule has 3 aromatic rings. The van der Waals surface area contributed by atoms with Gasteiger partial charge in [-0.3, -0.25) is 0 Å². The van der Waals surface area contributed by atoms with Crippen LogP contribution < -0.4 is 15.1 Å². The number of hydrogen-bond donors (Lipinski definition) is 0. The minimum Gasteiger partial charge on any atom is -0.497 e. The third-order valence-electron chi connectivity index (χ3n) is 7.88. The predicted molar refractivity (Wildman–Crippen MR) is 180 cm³/mol. The number of hydrogen-bond acceptors (Lipinski definition) is 5. The molecule has 234 valence electrons. The van der Waals surface area contributed by atoms with Crippen LogP contribution in [0, 0.1) is 0 Å². The summed E-state index contributed by atoms with van der Waals surface area (Å²) in [6.45, 7) is 11.1. The largest absolute Gasteiger partial charge is 0.497 e. The molecule has 6 heteroatoms. The van der Waals surface area contributed by atoms with Crippen LogP contribution in [0.3, 0.4) is 0 Å². The Kier molecular flexibility index (Phi) is 14.7. The average Bonchev–Trinajstić information content (AvgIpc) is 3.03. The normalized spacial score (nSPS) is 13.2. The van der Waals surface area contributed by atoms with E-state index < -0.39 is 8.32 Å². The number of ether oxygens (including phenoxy) is 4. The molecule has 0 fully saturated rings. The van der Waals surface area contributed by atoms with Gasteiger partial charge in [0.2, 0.25) is 0 Å². The molecule has 0 amide bonds. The first-order valence-electron chi connectivity index (χ1n) is 15.6. The lowest BCUT2D eigenvalue weighted by molar-refractivity contribution is -0.0845. The second-order valence-corrected chi connectivity index (χ2v) is 16.3. The van der Waals surface area contributed by atoms with Crippen LogP contribution in [0.4, 0.5) is 0 Å². The third-order valence-corrected chi connectivity index (χ3v) is 12.9. The van der Waals surface area contributed by atoms with Crippen LogP contribution in [0.25, 0.3) is 0 Å². The molecule has 5 nitrogen and oxygen atoms in total. The Hall–Kier alpha value is -2.74. The average molecular weight is 605 g/mol. The van der Waals surface area contributed by atoms with Crippen molar-refractivity contribution in [3.05, 3.63) is 102 Å². The van der Waals surface area contributed by atoms with Crippen LogP contribution in [-0.4, -0.2) is 48.6 Å². The van der Waals surface area contributed by atoms with Crippen molar-refractivity contribution in [3.8, 4) is 5.75 Å². The Morgan fingerprint density at radius 1 is 0.837 bits per heavy atom. The second-order valence-electron chi connectivity index (χ2n) is 12.0. The Morgan fingerprint density at radius 2 is 1.47 bits per heavy atom. The molecule has 0 aliphatic heterocycles. The van der Waals surface area contributed by atoms with Gasteiger partial charge < -0.3 is 23.4 Å². The first kappa shape index (κ1) is 34.7. The highest BCUT2D eigenvalue weighted by molar-refractivity contribution is 6.99. The topological polar surface area (TPSA) is 46.2 Å². The summed E-state index contributed by atoms with van der Waals surface area (Å²) in [7, 11) is 0.739. The smallest absolute Gasteiger partial charge is 0.261 e. The third kappa shape index (κ3) is 10.4. The van der Waals surface area contributed by atoms with Crippen molar-refractivity contribution in [2.24, 2.45) is 0 Å². The van der Waals surface area contributed by atoms with Crippen LogP contribution >= 0.6 is 0 Å². The van der Waals surface area contributed by atoms with E-state index in [0.717, 1.165) is 43.4 Å². The van der Waals surface area contributed by atoms with E-state index >= 15 is 0 Å². The fourth-order valence-electron chi connectivity index (χ4n) is 5.54. The SMILES string of the molecule is CCCC/C(=C\CO[Si](c1ccccc1)(c1ccccc1)C(C)(C)C)CCC(COCOC)OCc1ccc(OC)cc1. The van der Waals surface area contributed by atoms with Crippen molar-refractivity contribution in [3.63, 3.8) is 0 Å². The van der Waals surface area contributed by atoms with Crippen molar-refractivity contribution in [1.29, 1.82) is 0 Å². The Bertz CT molecular complexity index is 1150. The van der Waals surface area contributed by atoms with E-state index in [1.165, 1.54) is 15.9 Å². The monoisotopic (exact) mass is 604 g/mol. The molecule has 0 saturated carbocycles. The van der Waals surface area contributed by atoms with E-state index in [0.29, 0.717) is 19.8 Å². The van der Waals surface area contributed by atoms with Crippen molar-refractivity contribution in [2.45, 2.75) is 77.5 Å². The Balaban J connectivity index is 1.77. The Morgan fingerprint density at radius 3 is 2.00 bits per heavy atom. The van der Waals surface area contributed by atoms with Crippen LogP contribution in [0.1, 0.15) is 65.4 Å². The molecule has 0 aliphatic rings. The summed E-state index contributed by atoms with van der Waals surface area (Å²) < 4.78 is 29.7. The van der Waals surface area contributed by atoms with Crippen LogP contribution in [-0.2, 0) is 25.2 Å². The second kappa shape index (κ2) is 18.2. The molecular formula is C37H52O5Si. The zero-order valence-corrected chi connectivity index (χ0v) is 28.1. The molecule has 3 rings (SSSR count). The maximum absolute atomic E-state index is 7.17. The molecule has 0 aromatic heterocycles. The molecule has 0 aliphatic carbocycles. The first-order valence-corrected chi connectivity index (χ1v) is 17.5. The zero-order valence-electron chi connectivity index (χ0n) is 27.1. The highest BCUT2D eigenvalue weighted by atomic mass is 28.4. The highest BCUT2D eigenvalue weighted by Gasteiger charge is 2.49. The van der Waals surface area contributed by atoms with Gasteiger partial charge in [0.25, 0.3) is 8.32 Å². The van der Waals surface area contributed by atoms with E-state index in [4.69, 9.17) is 23.4 Å². The molecule has 0 spiro atoms. The molecule has 1 unspecified atom stereocenters. The number of allylic oxidation sites excluding steroid dienone is 1. The van der Waals surface area contributed by atoms with E-state index in [1.807, 2.05) is 24.3 Å². The first-order chi connectivity index (χ1) is 20.8. The van der Waals surface area contributed by atoms with E-state index in [9.17, 15) is 0 Å². The van der Waals surface area contributed by atoms with Gasteiger partial charge in [-0.1, -0.05) is 119 Å². The molecule has 3 aromatic carbocycles. The lowest BCUT2D eigenvalue weighted by atomic mass is 10.0. The van der Waals surface area contributed by atoms with Gasteiger partial charge in [0.05, 0.1) is 33.0 Å². The zero-order chi connectivity index (χ0) is 31.0. The van der Waals surface area contributed by atoms with Gasteiger partial charge >= 0.3 is 0 Å². The van der Waals surface area contributed by atoms with E-state index in [-0.39, 0.29) is 17.9 Å². The summed E-state index contributed by atoms with van der Waals surface area (Å²) in [5.74, 6) is 0.842. The number of unbranched alkanes of at least 4 members (excludes halogenated alkanes) is 1. The van der Waals surface area contributed by atoms with Crippen LogP contribution in [0.2, 0.25) is 5.04 Å². The van der Waals surface area contributed by atoms with E-state index in [2.05, 4.69) is 94.4 Å². The summed E-state index contributed by atoms with van der Waals surface area (Å²) in [5, 5.41) is 2.56. The molecule has 43 heavy (non-hydrogen) atoms. The highest BCUT2D eigenvalue weighted by Crippen LogP contribution is 2.36. The summed E-state index contributed by atoms with van der Waals surface area (Å²) in [4.78, 5) is 0. The summed E-state index contributed by atoms with van der Waals surface area (Å²) >= 11 is 0. The van der Waals surface area contributed by atoms with E-state index in [1.54, 1.807) is 14.2 Å². The summed E-state index contributed by atoms with van der Waals surface area (Å²) in [5.41, 5.74) is 2.53. The minimum absolute atomic E-state index is 0.0418. The molecule has 0 saturated heterocycles. The van der Waals surface area contributed by atoms with Gasteiger partial charge in [-0.25, -0.2) is 0 Å². The fourth-order valence-corrected chi connectivity index (χ4v) is 10.0. The molecule has 0 N–H and O–H groups in total. The van der Waals surface area contributed by atoms with Crippen molar-refractivity contribution in [2.75, 3.05) is 34.2 Å². The fraction of sp³-hybridized carbons (Fsp3) is 0.459.